The molecule has 0 spiro atoms. The number of hydrogen-bond donors (Lipinski definition) is 1. The molecule has 1 atom stereocenters. The molecule has 0 saturated carbocycles. The van der Waals surface area contributed by atoms with Crippen molar-refractivity contribution in [2.45, 2.75) is 37.9 Å². The lowest BCUT2D eigenvalue weighted by Crippen LogP contribution is -2.31. The van der Waals surface area contributed by atoms with Gasteiger partial charge in [-0.25, -0.2) is 8.42 Å². The van der Waals surface area contributed by atoms with Gasteiger partial charge < -0.3 is 5.32 Å². The predicted molar refractivity (Wildman–Crippen MR) is 86.3 cm³/mol. The summed E-state index contributed by atoms with van der Waals surface area (Å²) in [7, 11) is -1.22. The van der Waals surface area contributed by atoms with Gasteiger partial charge in [0, 0.05) is 11.6 Å². The average molecular weight is 318 g/mol. The molecule has 1 N–H and O–H groups in total. The highest BCUT2D eigenvalue weighted by molar-refractivity contribution is 7.92. The summed E-state index contributed by atoms with van der Waals surface area (Å²) in [5, 5.41) is 3.81. The van der Waals surface area contributed by atoms with E-state index in [1.165, 1.54) is 0 Å². The van der Waals surface area contributed by atoms with Crippen molar-refractivity contribution in [2.75, 3.05) is 19.3 Å². The molecule has 1 aromatic carbocycles. The van der Waals surface area contributed by atoms with E-state index in [-0.39, 0.29) is 11.7 Å². The third-order valence-electron chi connectivity index (χ3n) is 3.44. The second-order valence-electron chi connectivity index (χ2n) is 6.03. The van der Waals surface area contributed by atoms with Gasteiger partial charge in [0.05, 0.1) is 10.5 Å². The van der Waals surface area contributed by atoms with E-state index in [0.717, 1.165) is 12.1 Å². The summed E-state index contributed by atoms with van der Waals surface area (Å²) in [6.07, 6.45) is 0.598. The molecule has 0 amide bonds. The van der Waals surface area contributed by atoms with Crippen LogP contribution < -0.4 is 5.32 Å². The molecule has 0 heterocycles. The topological polar surface area (TPSA) is 46.2 Å². The minimum Gasteiger partial charge on any atom is -0.319 e. The van der Waals surface area contributed by atoms with Crippen molar-refractivity contribution in [3.8, 4) is 0 Å². The fraction of sp³-hybridized carbons (Fsp3) is 0.600. The highest BCUT2D eigenvalue weighted by Crippen LogP contribution is 2.25. The first-order valence-electron chi connectivity index (χ1n) is 6.80. The molecule has 0 radical (unpaired) electrons. The molecule has 0 saturated heterocycles. The second-order valence-corrected chi connectivity index (χ2v) is 9.33. The number of nitrogens with one attached hydrogen (secondary N) is 1. The van der Waals surface area contributed by atoms with E-state index in [4.69, 9.17) is 11.6 Å². The van der Waals surface area contributed by atoms with Crippen LogP contribution in [0.4, 0.5) is 0 Å². The van der Waals surface area contributed by atoms with Gasteiger partial charge in [0.1, 0.15) is 0 Å². The van der Waals surface area contributed by atoms with Crippen LogP contribution in [0.5, 0.6) is 0 Å². The normalized spacial score (nSPS) is 14.2. The van der Waals surface area contributed by atoms with Gasteiger partial charge >= 0.3 is 0 Å². The molecule has 3 nitrogen and oxygen atoms in total. The van der Waals surface area contributed by atoms with Gasteiger partial charge in [-0.2, -0.15) is 0 Å². The Hall–Kier alpha value is -0.580. The Bertz CT molecular complexity index is 535. The maximum atomic E-state index is 12.2. The molecule has 0 fully saturated rings. The van der Waals surface area contributed by atoms with Gasteiger partial charge in [-0.1, -0.05) is 23.7 Å². The number of benzene rings is 1. The van der Waals surface area contributed by atoms with Crippen molar-refractivity contribution >= 4 is 21.4 Å². The van der Waals surface area contributed by atoms with Crippen molar-refractivity contribution in [2.24, 2.45) is 0 Å². The van der Waals surface area contributed by atoms with E-state index >= 15 is 0 Å². The van der Waals surface area contributed by atoms with E-state index < -0.39 is 14.6 Å². The molecule has 114 valence electrons. The SMILES string of the molecule is CNCC(CCS(=O)(=O)C(C)(C)C)c1cccc(Cl)c1. The second kappa shape index (κ2) is 6.92. The van der Waals surface area contributed by atoms with E-state index in [2.05, 4.69) is 5.32 Å². The Labute approximate surface area is 127 Å². The van der Waals surface area contributed by atoms with Gasteiger partial charge in [-0.15, -0.1) is 0 Å². The van der Waals surface area contributed by atoms with Crippen LogP contribution in [-0.4, -0.2) is 32.5 Å². The van der Waals surface area contributed by atoms with Gasteiger partial charge in [0.15, 0.2) is 9.84 Å². The number of halogens is 1. The quantitative estimate of drug-likeness (QED) is 0.876. The van der Waals surface area contributed by atoms with Crippen LogP contribution in [0.15, 0.2) is 24.3 Å². The first kappa shape index (κ1) is 17.5. The summed E-state index contributed by atoms with van der Waals surface area (Å²) in [5.74, 6) is 0.339. The fourth-order valence-corrected chi connectivity index (χ4v) is 3.40. The van der Waals surface area contributed by atoms with Crippen LogP contribution in [-0.2, 0) is 9.84 Å². The summed E-state index contributed by atoms with van der Waals surface area (Å²) in [6, 6.07) is 7.64. The Morgan fingerprint density at radius 1 is 1.30 bits per heavy atom. The summed E-state index contributed by atoms with van der Waals surface area (Å²) in [6.45, 7) is 5.97. The molecule has 0 aliphatic rings. The minimum atomic E-state index is -3.09. The third kappa shape index (κ3) is 4.76. The first-order valence-corrected chi connectivity index (χ1v) is 8.83. The lowest BCUT2D eigenvalue weighted by atomic mass is 9.96. The maximum absolute atomic E-state index is 12.2. The summed E-state index contributed by atoms with van der Waals surface area (Å²) >= 11 is 6.01. The van der Waals surface area contributed by atoms with Crippen molar-refractivity contribution in [1.29, 1.82) is 0 Å². The lowest BCUT2D eigenvalue weighted by molar-refractivity contribution is 0.546. The van der Waals surface area contributed by atoms with Crippen molar-refractivity contribution in [3.63, 3.8) is 0 Å². The number of hydrogen-bond acceptors (Lipinski definition) is 3. The monoisotopic (exact) mass is 317 g/mol. The zero-order valence-corrected chi connectivity index (χ0v) is 14.2. The van der Waals surface area contributed by atoms with Crippen LogP contribution in [0.2, 0.25) is 5.02 Å². The molecule has 1 unspecified atom stereocenters. The first-order chi connectivity index (χ1) is 9.17. The van der Waals surface area contributed by atoms with Gasteiger partial charge in [0.25, 0.3) is 0 Å². The van der Waals surface area contributed by atoms with Crippen molar-refractivity contribution in [1.82, 2.24) is 5.32 Å². The van der Waals surface area contributed by atoms with E-state index in [0.29, 0.717) is 11.4 Å². The predicted octanol–water partition coefficient (Wildman–Crippen LogP) is 3.25. The molecule has 1 rings (SSSR count). The van der Waals surface area contributed by atoms with E-state index in [1.54, 1.807) is 20.8 Å². The van der Waals surface area contributed by atoms with Gasteiger partial charge in [-0.05, 0) is 57.9 Å². The zero-order valence-electron chi connectivity index (χ0n) is 12.6. The lowest BCUT2D eigenvalue weighted by Gasteiger charge is -2.22. The number of sulfone groups is 1. The molecule has 20 heavy (non-hydrogen) atoms. The smallest absolute Gasteiger partial charge is 0.155 e. The van der Waals surface area contributed by atoms with E-state index in [9.17, 15) is 8.42 Å². The van der Waals surface area contributed by atoms with Gasteiger partial charge in [-0.3, -0.25) is 0 Å². The largest absolute Gasteiger partial charge is 0.319 e. The summed E-state index contributed by atoms with van der Waals surface area (Å²) in [5.41, 5.74) is 1.08. The van der Waals surface area contributed by atoms with Crippen LogP contribution >= 0.6 is 11.6 Å². The Kier molecular flexibility index (Phi) is 6.05. The zero-order chi connectivity index (χ0) is 15.4. The molecule has 0 aromatic heterocycles. The average Bonchev–Trinajstić information content (AvgIpc) is 2.33. The molecule has 0 bridgehead atoms. The highest BCUT2D eigenvalue weighted by Gasteiger charge is 2.29. The maximum Gasteiger partial charge on any atom is 0.155 e. The Morgan fingerprint density at radius 2 is 1.95 bits per heavy atom. The molecule has 0 aliphatic heterocycles. The van der Waals surface area contributed by atoms with Crippen molar-refractivity contribution < 1.29 is 8.42 Å². The van der Waals surface area contributed by atoms with Crippen LogP contribution in [0, 0.1) is 0 Å². The molecule has 0 aliphatic carbocycles. The summed E-state index contributed by atoms with van der Waals surface area (Å²) < 4.78 is 23.7. The van der Waals surface area contributed by atoms with Crippen LogP contribution in [0.3, 0.4) is 0 Å². The number of rotatable bonds is 6. The Morgan fingerprint density at radius 3 is 2.45 bits per heavy atom. The molecule has 1 aromatic rings. The highest BCUT2D eigenvalue weighted by atomic mass is 35.5. The van der Waals surface area contributed by atoms with E-state index in [1.807, 2.05) is 31.3 Å². The molecular weight excluding hydrogens is 294 g/mol. The Balaban J connectivity index is 2.84. The molecular formula is C15H24ClNO2S. The van der Waals surface area contributed by atoms with Crippen molar-refractivity contribution in [3.05, 3.63) is 34.9 Å². The standard InChI is InChI=1S/C15H24ClNO2S/c1-15(2,3)20(18,19)9-8-13(11-17-4)12-6-5-7-14(16)10-12/h5-7,10,13,17H,8-9,11H2,1-4H3. The molecule has 5 heteroatoms. The third-order valence-corrected chi connectivity index (χ3v) is 6.31. The van der Waals surface area contributed by atoms with Crippen LogP contribution in [0.25, 0.3) is 0 Å². The summed E-state index contributed by atoms with van der Waals surface area (Å²) in [4.78, 5) is 0. The number of likely N-dealkylation sites (N-methyl/N-ethyl adjacent to an activating group) is 1. The van der Waals surface area contributed by atoms with Gasteiger partial charge in [0.2, 0.25) is 0 Å². The minimum absolute atomic E-state index is 0.149. The fourth-order valence-electron chi connectivity index (χ4n) is 2.00. The van der Waals surface area contributed by atoms with Crippen LogP contribution in [0.1, 0.15) is 38.7 Å².